The number of nitrogens with one attached hydrogen (secondary N) is 1. The van der Waals surface area contributed by atoms with Crippen molar-refractivity contribution in [1.82, 2.24) is 5.32 Å². The Labute approximate surface area is 134 Å². The zero-order valence-electron chi connectivity index (χ0n) is 12.3. The molecule has 3 nitrogen and oxygen atoms in total. The Morgan fingerprint density at radius 3 is 2.55 bits per heavy atom. The minimum Gasteiger partial charge on any atom is -0.394 e. The van der Waals surface area contributed by atoms with Gasteiger partial charge in [0, 0.05) is 6.04 Å². The molecule has 0 saturated heterocycles. The molecule has 5 heteroatoms. The standard InChI is InChI=1S/C17H19ClFNO2/c1-11(13-4-2-3-12(7-13)9-21)20-17(10-22)14-5-6-15(18)16(19)8-14/h2-8,11,17,20-22H,9-10H2,1H3. The largest absolute Gasteiger partial charge is 0.394 e. The molecule has 0 heterocycles. The van der Waals surface area contributed by atoms with Gasteiger partial charge >= 0.3 is 0 Å². The fourth-order valence-corrected chi connectivity index (χ4v) is 2.46. The van der Waals surface area contributed by atoms with Crippen molar-refractivity contribution in [3.8, 4) is 0 Å². The van der Waals surface area contributed by atoms with Crippen LogP contribution in [-0.2, 0) is 6.61 Å². The molecule has 0 radical (unpaired) electrons. The predicted molar refractivity (Wildman–Crippen MR) is 85.2 cm³/mol. The molecule has 0 aliphatic rings. The number of benzene rings is 2. The monoisotopic (exact) mass is 323 g/mol. The van der Waals surface area contributed by atoms with Crippen molar-refractivity contribution < 1.29 is 14.6 Å². The van der Waals surface area contributed by atoms with Crippen LogP contribution in [0.1, 0.15) is 35.7 Å². The molecule has 0 bridgehead atoms. The van der Waals surface area contributed by atoms with Gasteiger partial charge in [-0.1, -0.05) is 41.9 Å². The molecule has 0 spiro atoms. The van der Waals surface area contributed by atoms with Gasteiger partial charge in [0.1, 0.15) is 5.82 Å². The summed E-state index contributed by atoms with van der Waals surface area (Å²) >= 11 is 5.68. The van der Waals surface area contributed by atoms with E-state index in [4.69, 9.17) is 11.6 Å². The summed E-state index contributed by atoms with van der Waals surface area (Å²) in [5.74, 6) is -0.505. The number of halogens is 2. The summed E-state index contributed by atoms with van der Waals surface area (Å²) in [7, 11) is 0. The van der Waals surface area contributed by atoms with Crippen LogP contribution in [0.5, 0.6) is 0 Å². The maximum atomic E-state index is 13.6. The molecule has 0 aliphatic carbocycles. The van der Waals surface area contributed by atoms with Crippen molar-refractivity contribution in [1.29, 1.82) is 0 Å². The molecule has 118 valence electrons. The first-order valence-corrected chi connectivity index (χ1v) is 7.44. The minimum absolute atomic E-state index is 0.0214. The van der Waals surface area contributed by atoms with Crippen LogP contribution in [0.2, 0.25) is 5.02 Å². The molecule has 2 atom stereocenters. The van der Waals surface area contributed by atoms with Crippen LogP contribution in [0.4, 0.5) is 4.39 Å². The van der Waals surface area contributed by atoms with Crippen LogP contribution in [-0.4, -0.2) is 16.8 Å². The molecule has 2 aromatic carbocycles. The smallest absolute Gasteiger partial charge is 0.142 e. The molecule has 0 fully saturated rings. The van der Waals surface area contributed by atoms with Gasteiger partial charge in [0.05, 0.1) is 24.3 Å². The molecule has 3 N–H and O–H groups in total. The molecule has 0 saturated carbocycles. The van der Waals surface area contributed by atoms with Gasteiger partial charge < -0.3 is 15.5 Å². The van der Waals surface area contributed by atoms with Gasteiger partial charge in [0.2, 0.25) is 0 Å². The number of hydrogen-bond acceptors (Lipinski definition) is 3. The second kappa shape index (κ2) is 7.70. The Kier molecular flexibility index (Phi) is 5.91. The first-order valence-electron chi connectivity index (χ1n) is 7.06. The lowest BCUT2D eigenvalue weighted by atomic mass is 10.0. The first kappa shape index (κ1) is 16.9. The summed E-state index contributed by atoms with van der Waals surface area (Å²) in [5, 5.41) is 22.1. The normalized spacial score (nSPS) is 13.9. The molecule has 2 aromatic rings. The van der Waals surface area contributed by atoms with Gasteiger partial charge in [-0.25, -0.2) is 4.39 Å². The molecule has 2 unspecified atom stereocenters. The van der Waals surface area contributed by atoms with E-state index in [0.29, 0.717) is 5.56 Å². The van der Waals surface area contributed by atoms with Crippen LogP contribution in [0.3, 0.4) is 0 Å². The third kappa shape index (κ3) is 4.05. The summed E-state index contributed by atoms with van der Waals surface area (Å²) in [6.07, 6.45) is 0. The third-order valence-electron chi connectivity index (χ3n) is 3.61. The molecule has 0 amide bonds. The number of aliphatic hydroxyl groups excluding tert-OH is 2. The SMILES string of the molecule is CC(NC(CO)c1ccc(Cl)c(F)c1)c1cccc(CO)c1. The van der Waals surface area contributed by atoms with E-state index in [-0.39, 0.29) is 24.3 Å². The van der Waals surface area contributed by atoms with Crippen LogP contribution in [0.25, 0.3) is 0 Å². The third-order valence-corrected chi connectivity index (χ3v) is 3.92. The lowest BCUT2D eigenvalue weighted by Crippen LogP contribution is -2.27. The van der Waals surface area contributed by atoms with Crippen LogP contribution < -0.4 is 5.32 Å². The summed E-state index contributed by atoms with van der Waals surface area (Å²) in [4.78, 5) is 0. The van der Waals surface area contributed by atoms with Crippen molar-refractivity contribution in [3.63, 3.8) is 0 Å². The van der Waals surface area contributed by atoms with Crippen molar-refractivity contribution in [2.75, 3.05) is 6.61 Å². The number of aliphatic hydroxyl groups is 2. The summed E-state index contributed by atoms with van der Waals surface area (Å²) < 4.78 is 13.6. The van der Waals surface area contributed by atoms with Gasteiger partial charge in [-0.3, -0.25) is 0 Å². The Hall–Kier alpha value is -1.46. The van der Waals surface area contributed by atoms with Crippen molar-refractivity contribution in [3.05, 3.63) is 70.0 Å². The van der Waals surface area contributed by atoms with Crippen LogP contribution >= 0.6 is 11.6 Å². The zero-order chi connectivity index (χ0) is 16.1. The lowest BCUT2D eigenvalue weighted by Gasteiger charge is -2.23. The van der Waals surface area contributed by atoms with Gasteiger partial charge in [-0.2, -0.15) is 0 Å². The lowest BCUT2D eigenvalue weighted by molar-refractivity contribution is 0.235. The van der Waals surface area contributed by atoms with E-state index < -0.39 is 11.9 Å². The zero-order valence-corrected chi connectivity index (χ0v) is 13.0. The van der Waals surface area contributed by atoms with E-state index in [1.165, 1.54) is 12.1 Å². The molecular formula is C17H19ClFNO2. The quantitative estimate of drug-likeness (QED) is 0.764. The average molecular weight is 324 g/mol. The number of hydrogen-bond donors (Lipinski definition) is 3. The molecule has 0 aromatic heterocycles. The second-order valence-electron chi connectivity index (χ2n) is 5.20. The molecular weight excluding hydrogens is 305 g/mol. The highest BCUT2D eigenvalue weighted by Crippen LogP contribution is 2.23. The first-order chi connectivity index (χ1) is 10.5. The van der Waals surface area contributed by atoms with Gasteiger partial charge in [0.15, 0.2) is 0 Å². The Balaban J connectivity index is 2.16. The maximum Gasteiger partial charge on any atom is 0.142 e. The molecule has 0 aliphatic heterocycles. The Morgan fingerprint density at radius 2 is 1.91 bits per heavy atom. The summed E-state index contributed by atoms with van der Waals surface area (Å²) in [6, 6.07) is 11.6. The Bertz CT molecular complexity index is 636. The van der Waals surface area contributed by atoms with Gasteiger partial charge in [0.25, 0.3) is 0 Å². The average Bonchev–Trinajstić information content (AvgIpc) is 2.55. The highest BCUT2D eigenvalue weighted by atomic mass is 35.5. The van der Waals surface area contributed by atoms with E-state index in [9.17, 15) is 14.6 Å². The van der Waals surface area contributed by atoms with Crippen molar-refractivity contribution >= 4 is 11.6 Å². The second-order valence-corrected chi connectivity index (χ2v) is 5.61. The van der Waals surface area contributed by atoms with Gasteiger partial charge in [-0.15, -0.1) is 0 Å². The van der Waals surface area contributed by atoms with E-state index in [1.54, 1.807) is 6.07 Å². The van der Waals surface area contributed by atoms with E-state index in [1.807, 2.05) is 31.2 Å². The fraction of sp³-hybridized carbons (Fsp3) is 0.294. The Morgan fingerprint density at radius 1 is 1.14 bits per heavy atom. The maximum absolute atomic E-state index is 13.6. The molecule has 22 heavy (non-hydrogen) atoms. The molecule has 2 rings (SSSR count). The van der Waals surface area contributed by atoms with Crippen molar-refractivity contribution in [2.45, 2.75) is 25.6 Å². The summed E-state index contributed by atoms with van der Waals surface area (Å²) in [5.41, 5.74) is 2.44. The highest BCUT2D eigenvalue weighted by molar-refractivity contribution is 6.30. The van der Waals surface area contributed by atoms with E-state index in [0.717, 1.165) is 11.1 Å². The minimum atomic E-state index is -0.505. The van der Waals surface area contributed by atoms with E-state index >= 15 is 0 Å². The summed E-state index contributed by atoms with van der Waals surface area (Å²) in [6.45, 7) is 1.77. The highest BCUT2D eigenvalue weighted by Gasteiger charge is 2.16. The topological polar surface area (TPSA) is 52.5 Å². The number of rotatable bonds is 6. The van der Waals surface area contributed by atoms with Gasteiger partial charge in [-0.05, 0) is 35.7 Å². The van der Waals surface area contributed by atoms with Crippen molar-refractivity contribution in [2.24, 2.45) is 0 Å². The van der Waals surface area contributed by atoms with E-state index in [2.05, 4.69) is 5.32 Å². The van der Waals surface area contributed by atoms with Crippen LogP contribution in [0.15, 0.2) is 42.5 Å². The fourth-order valence-electron chi connectivity index (χ4n) is 2.34. The predicted octanol–water partition coefficient (Wildman–Crippen LogP) is 3.36. The van der Waals surface area contributed by atoms with Crippen LogP contribution in [0, 0.1) is 5.82 Å².